The zero-order chi connectivity index (χ0) is 17.5. The predicted molar refractivity (Wildman–Crippen MR) is 93.5 cm³/mol. The molecule has 2 aromatic rings. The van der Waals surface area contributed by atoms with Gasteiger partial charge in [-0.15, -0.1) is 0 Å². The summed E-state index contributed by atoms with van der Waals surface area (Å²) in [7, 11) is 0. The van der Waals surface area contributed by atoms with Crippen LogP contribution in [-0.2, 0) is 16.1 Å². The Morgan fingerprint density at radius 1 is 1.25 bits per heavy atom. The van der Waals surface area contributed by atoms with Crippen molar-refractivity contribution in [3.05, 3.63) is 47.7 Å². The molecule has 6 heteroatoms. The van der Waals surface area contributed by atoms with Gasteiger partial charge in [-0.05, 0) is 11.5 Å². The Hall–Kier alpha value is -2.63. The van der Waals surface area contributed by atoms with Crippen LogP contribution >= 0.6 is 0 Å². The highest BCUT2D eigenvalue weighted by atomic mass is 16.2. The maximum atomic E-state index is 12.1. The van der Waals surface area contributed by atoms with Crippen molar-refractivity contribution in [2.45, 2.75) is 39.7 Å². The Morgan fingerprint density at radius 3 is 2.54 bits per heavy atom. The van der Waals surface area contributed by atoms with Gasteiger partial charge < -0.3 is 10.2 Å². The molecule has 1 aromatic heterocycles. The molecule has 1 aromatic carbocycles. The third-order valence-electron chi connectivity index (χ3n) is 3.76. The molecule has 0 saturated heterocycles. The number of aromatic nitrogens is 2. The zero-order valence-corrected chi connectivity index (χ0v) is 14.4. The molecule has 0 aliphatic heterocycles. The molecule has 0 bridgehead atoms. The van der Waals surface area contributed by atoms with Gasteiger partial charge in [-0.25, -0.2) is 0 Å². The van der Waals surface area contributed by atoms with E-state index in [1.807, 2.05) is 50.2 Å². The lowest BCUT2D eigenvalue weighted by molar-refractivity contribution is -0.129. The fourth-order valence-electron chi connectivity index (χ4n) is 2.29. The fraction of sp³-hybridized carbons (Fsp3) is 0.389. The Balaban J connectivity index is 1.86. The molecular formula is C18H24N4O2. The number of carbonyl (C=O) groups excluding carboxylic acids is 2. The van der Waals surface area contributed by atoms with Gasteiger partial charge in [0.25, 0.3) is 0 Å². The van der Waals surface area contributed by atoms with E-state index in [-0.39, 0.29) is 18.2 Å². The van der Waals surface area contributed by atoms with Crippen molar-refractivity contribution >= 4 is 17.6 Å². The van der Waals surface area contributed by atoms with Crippen LogP contribution in [0.2, 0.25) is 0 Å². The molecule has 2 N–H and O–H groups in total. The van der Waals surface area contributed by atoms with Crippen LogP contribution in [-0.4, -0.2) is 33.5 Å². The van der Waals surface area contributed by atoms with E-state index in [2.05, 4.69) is 15.5 Å². The van der Waals surface area contributed by atoms with E-state index in [1.165, 1.54) is 6.92 Å². The van der Waals surface area contributed by atoms with Gasteiger partial charge in [-0.1, -0.05) is 44.2 Å². The SMILES string of the molecule is CC(=O)N(CCC(=O)Nc1cc(C(C)C)[nH]n1)Cc1ccccc1. The normalized spacial score (nSPS) is 10.7. The quantitative estimate of drug-likeness (QED) is 0.820. The molecule has 0 atom stereocenters. The number of aromatic amines is 1. The average molecular weight is 328 g/mol. The van der Waals surface area contributed by atoms with E-state index in [4.69, 9.17) is 0 Å². The lowest BCUT2D eigenvalue weighted by Crippen LogP contribution is -2.31. The predicted octanol–water partition coefficient (Wildman–Crippen LogP) is 2.91. The van der Waals surface area contributed by atoms with Crippen LogP contribution in [0.1, 0.15) is 44.4 Å². The highest BCUT2D eigenvalue weighted by Gasteiger charge is 2.13. The molecule has 6 nitrogen and oxygen atoms in total. The second-order valence-electron chi connectivity index (χ2n) is 6.09. The first-order chi connectivity index (χ1) is 11.5. The van der Waals surface area contributed by atoms with Crippen molar-refractivity contribution in [1.29, 1.82) is 0 Å². The summed E-state index contributed by atoms with van der Waals surface area (Å²) in [6.45, 7) is 6.49. The minimum atomic E-state index is -0.156. The van der Waals surface area contributed by atoms with Gasteiger partial charge in [0.05, 0.1) is 0 Å². The number of rotatable bonds is 7. The highest BCUT2D eigenvalue weighted by Crippen LogP contribution is 2.15. The van der Waals surface area contributed by atoms with Crippen LogP contribution < -0.4 is 5.32 Å². The Kier molecular flexibility index (Phi) is 6.12. The lowest BCUT2D eigenvalue weighted by Gasteiger charge is -2.20. The molecule has 2 amide bonds. The summed E-state index contributed by atoms with van der Waals surface area (Å²) in [6, 6.07) is 11.6. The maximum Gasteiger partial charge on any atom is 0.227 e. The summed E-state index contributed by atoms with van der Waals surface area (Å²) in [5.74, 6) is 0.632. The van der Waals surface area contributed by atoms with Crippen molar-refractivity contribution in [3.8, 4) is 0 Å². The first kappa shape index (κ1) is 17.7. The number of anilines is 1. The second kappa shape index (κ2) is 8.29. The van der Waals surface area contributed by atoms with Gasteiger partial charge in [-0.3, -0.25) is 14.7 Å². The number of carbonyl (C=O) groups is 2. The van der Waals surface area contributed by atoms with Crippen molar-refractivity contribution in [1.82, 2.24) is 15.1 Å². The number of benzene rings is 1. The van der Waals surface area contributed by atoms with Crippen LogP contribution in [0.5, 0.6) is 0 Å². The van der Waals surface area contributed by atoms with Gasteiger partial charge in [0.2, 0.25) is 11.8 Å². The summed E-state index contributed by atoms with van der Waals surface area (Å²) >= 11 is 0. The molecule has 0 aliphatic carbocycles. The topological polar surface area (TPSA) is 78.1 Å². The molecule has 2 rings (SSSR count). The van der Waals surface area contributed by atoms with Gasteiger partial charge in [0, 0.05) is 38.2 Å². The number of hydrogen-bond donors (Lipinski definition) is 2. The van der Waals surface area contributed by atoms with Crippen LogP contribution in [0.4, 0.5) is 5.82 Å². The summed E-state index contributed by atoms with van der Waals surface area (Å²) in [6.07, 6.45) is 0.232. The second-order valence-corrected chi connectivity index (χ2v) is 6.09. The molecule has 1 heterocycles. The van der Waals surface area contributed by atoms with E-state index in [0.717, 1.165) is 11.3 Å². The number of hydrogen-bond acceptors (Lipinski definition) is 3. The number of H-pyrrole nitrogens is 1. The molecule has 0 aliphatic rings. The van der Waals surface area contributed by atoms with E-state index < -0.39 is 0 Å². The summed E-state index contributed by atoms with van der Waals surface area (Å²) in [5, 5.41) is 9.72. The van der Waals surface area contributed by atoms with E-state index in [9.17, 15) is 9.59 Å². The fourth-order valence-corrected chi connectivity index (χ4v) is 2.29. The minimum Gasteiger partial charge on any atom is -0.338 e. The molecule has 24 heavy (non-hydrogen) atoms. The molecule has 0 fully saturated rings. The minimum absolute atomic E-state index is 0.0477. The van der Waals surface area contributed by atoms with Crippen molar-refractivity contribution in [3.63, 3.8) is 0 Å². The van der Waals surface area contributed by atoms with Crippen molar-refractivity contribution in [2.24, 2.45) is 0 Å². The average Bonchev–Trinajstić information content (AvgIpc) is 3.01. The molecule has 128 valence electrons. The number of amides is 2. The number of nitrogens with one attached hydrogen (secondary N) is 2. The van der Waals surface area contributed by atoms with E-state index in [1.54, 1.807) is 4.90 Å². The molecule has 0 saturated carbocycles. The lowest BCUT2D eigenvalue weighted by atomic mass is 10.1. The zero-order valence-electron chi connectivity index (χ0n) is 14.4. The maximum absolute atomic E-state index is 12.1. The van der Waals surface area contributed by atoms with Crippen molar-refractivity contribution < 1.29 is 9.59 Å². The molecule has 0 spiro atoms. The Bertz CT molecular complexity index is 679. The summed E-state index contributed by atoms with van der Waals surface area (Å²) in [4.78, 5) is 25.5. The largest absolute Gasteiger partial charge is 0.338 e. The van der Waals surface area contributed by atoms with Crippen LogP contribution in [0.15, 0.2) is 36.4 Å². The molecule has 0 unspecified atom stereocenters. The summed E-state index contributed by atoms with van der Waals surface area (Å²) in [5.41, 5.74) is 2.02. The van der Waals surface area contributed by atoms with Gasteiger partial charge in [-0.2, -0.15) is 5.10 Å². The first-order valence-electron chi connectivity index (χ1n) is 8.10. The third kappa shape index (κ3) is 5.22. The van der Waals surface area contributed by atoms with E-state index in [0.29, 0.717) is 24.8 Å². The Morgan fingerprint density at radius 2 is 1.96 bits per heavy atom. The summed E-state index contributed by atoms with van der Waals surface area (Å²) < 4.78 is 0. The smallest absolute Gasteiger partial charge is 0.227 e. The highest BCUT2D eigenvalue weighted by molar-refractivity contribution is 5.90. The van der Waals surface area contributed by atoms with Crippen molar-refractivity contribution in [2.75, 3.05) is 11.9 Å². The first-order valence-corrected chi connectivity index (χ1v) is 8.10. The van der Waals surface area contributed by atoms with Gasteiger partial charge in [0.1, 0.15) is 0 Å². The molecular weight excluding hydrogens is 304 g/mol. The van der Waals surface area contributed by atoms with Crippen LogP contribution in [0.25, 0.3) is 0 Å². The molecule has 0 radical (unpaired) electrons. The standard InChI is InChI=1S/C18H24N4O2/c1-13(2)16-11-17(21-20-16)19-18(24)9-10-22(14(3)23)12-15-7-5-4-6-8-15/h4-8,11,13H,9-10,12H2,1-3H3,(H2,19,20,21,24). The van der Waals surface area contributed by atoms with E-state index >= 15 is 0 Å². The number of nitrogens with zero attached hydrogens (tertiary/aromatic N) is 2. The van der Waals surface area contributed by atoms with Crippen LogP contribution in [0.3, 0.4) is 0 Å². The Labute approximate surface area is 142 Å². The van der Waals surface area contributed by atoms with Crippen LogP contribution in [0, 0.1) is 0 Å². The van der Waals surface area contributed by atoms with Gasteiger partial charge >= 0.3 is 0 Å². The monoisotopic (exact) mass is 328 g/mol. The third-order valence-corrected chi connectivity index (χ3v) is 3.76. The van der Waals surface area contributed by atoms with Gasteiger partial charge in [0.15, 0.2) is 5.82 Å².